The van der Waals surface area contributed by atoms with Gasteiger partial charge in [0.05, 0.1) is 13.2 Å². The molecular weight excluding hydrogens is 244 g/mol. The summed E-state index contributed by atoms with van der Waals surface area (Å²) >= 11 is 0. The van der Waals surface area contributed by atoms with Gasteiger partial charge in [-0.25, -0.2) is 0 Å². The predicted molar refractivity (Wildman–Crippen MR) is 74.8 cm³/mol. The average molecular weight is 272 g/mol. The van der Waals surface area contributed by atoms with Gasteiger partial charge in [0, 0.05) is 25.7 Å². The molecule has 0 aromatic carbocycles. The van der Waals surface area contributed by atoms with Crippen LogP contribution in [0.3, 0.4) is 0 Å². The van der Waals surface area contributed by atoms with Crippen LogP contribution in [-0.2, 0) is 4.79 Å². The summed E-state index contributed by atoms with van der Waals surface area (Å²) in [6, 6.07) is 0.301. The van der Waals surface area contributed by atoms with Crippen LogP contribution in [0.1, 0.15) is 39.0 Å². The van der Waals surface area contributed by atoms with E-state index >= 15 is 0 Å². The summed E-state index contributed by atoms with van der Waals surface area (Å²) in [4.78, 5) is 13.9. The lowest BCUT2D eigenvalue weighted by Crippen LogP contribution is -2.46. The molecule has 112 valence electrons. The molecule has 1 saturated carbocycles. The van der Waals surface area contributed by atoms with Crippen molar-refractivity contribution in [3.05, 3.63) is 0 Å². The van der Waals surface area contributed by atoms with E-state index in [0.717, 1.165) is 6.42 Å². The number of carbonyl (C=O) groups is 1. The minimum atomic E-state index is 0.0325. The molecule has 0 saturated heterocycles. The Morgan fingerprint density at radius 3 is 2.58 bits per heavy atom. The third kappa shape index (κ3) is 6.36. The van der Waals surface area contributed by atoms with Gasteiger partial charge in [0.25, 0.3) is 0 Å². The lowest BCUT2D eigenvalue weighted by atomic mass is 9.86. The molecular formula is C14H28N2O3. The molecule has 5 heteroatoms. The van der Waals surface area contributed by atoms with Gasteiger partial charge in [-0.1, -0.05) is 19.8 Å². The van der Waals surface area contributed by atoms with E-state index in [4.69, 9.17) is 10.2 Å². The van der Waals surface area contributed by atoms with E-state index in [1.165, 1.54) is 19.3 Å². The zero-order chi connectivity index (χ0) is 14.1. The molecule has 0 bridgehead atoms. The van der Waals surface area contributed by atoms with Crippen molar-refractivity contribution in [1.82, 2.24) is 10.2 Å². The van der Waals surface area contributed by atoms with E-state index in [0.29, 0.717) is 38.0 Å². The SMILES string of the molecule is CC1CCCCC1NC(=O)CN(CCO)CCCO. The number of amides is 1. The number of hydrogen-bond donors (Lipinski definition) is 3. The van der Waals surface area contributed by atoms with Gasteiger partial charge in [0.2, 0.25) is 5.91 Å². The largest absolute Gasteiger partial charge is 0.396 e. The molecule has 0 heterocycles. The van der Waals surface area contributed by atoms with Gasteiger partial charge in [0.1, 0.15) is 0 Å². The molecule has 1 fully saturated rings. The summed E-state index contributed by atoms with van der Waals surface area (Å²) in [7, 11) is 0. The Balaban J connectivity index is 2.33. The first-order valence-electron chi connectivity index (χ1n) is 7.40. The van der Waals surface area contributed by atoms with Crippen LogP contribution >= 0.6 is 0 Å². The summed E-state index contributed by atoms with van der Waals surface area (Å²) in [5.74, 6) is 0.589. The van der Waals surface area contributed by atoms with Crippen molar-refractivity contribution in [1.29, 1.82) is 0 Å². The van der Waals surface area contributed by atoms with E-state index in [-0.39, 0.29) is 19.1 Å². The zero-order valence-corrected chi connectivity index (χ0v) is 12.0. The normalized spacial score (nSPS) is 23.6. The van der Waals surface area contributed by atoms with Crippen LogP contribution in [-0.4, -0.2) is 59.9 Å². The van der Waals surface area contributed by atoms with Crippen molar-refractivity contribution in [2.75, 3.05) is 32.8 Å². The summed E-state index contributed by atoms with van der Waals surface area (Å²) in [5, 5.41) is 20.9. The Morgan fingerprint density at radius 1 is 1.21 bits per heavy atom. The number of aliphatic hydroxyl groups is 2. The van der Waals surface area contributed by atoms with E-state index in [1.54, 1.807) is 0 Å². The molecule has 0 aliphatic heterocycles. The number of rotatable bonds is 8. The van der Waals surface area contributed by atoms with Crippen molar-refractivity contribution >= 4 is 5.91 Å². The first-order chi connectivity index (χ1) is 9.17. The first-order valence-corrected chi connectivity index (χ1v) is 7.40. The summed E-state index contributed by atoms with van der Waals surface area (Å²) in [6.45, 7) is 3.78. The molecule has 1 rings (SSSR count). The van der Waals surface area contributed by atoms with Crippen LogP contribution in [0.25, 0.3) is 0 Å². The maximum atomic E-state index is 12.0. The summed E-state index contributed by atoms with van der Waals surface area (Å²) in [6.07, 6.45) is 5.35. The fraction of sp³-hybridized carbons (Fsp3) is 0.929. The molecule has 1 amide bonds. The highest BCUT2D eigenvalue weighted by Gasteiger charge is 2.23. The summed E-state index contributed by atoms with van der Waals surface area (Å²) < 4.78 is 0. The molecule has 0 spiro atoms. The minimum Gasteiger partial charge on any atom is -0.396 e. The number of nitrogens with zero attached hydrogens (tertiary/aromatic N) is 1. The third-order valence-corrected chi connectivity index (χ3v) is 3.87. The number of nitrogens with one attached hydrogen (secondary N) is 1. The molecule has 1 aliphatic carbocycles. The second-order valence-electron chi connectivity index (χ2n) is 5.51. The van der Waals surface area contributed by atoms with E-state index < -0.39 is 0 Å². The highest BCUT2D eigenvalue weighted by Crippen LogP contribution is 2.23. The van der Waals surface area contributed by atoms with E-state index in [2.05, 4.69) is 12.2 Å². The van der Waals surface area contributed by atoms with Crippen molar-refractivity contribution in [2.24, 2.45) is 5.92 Å². The monoisotopic (exact) mass is 272 g/mol. The van der Waals surface area contributed by atoms with Crippen molar-refractivity contribution < 1.29 is 15.0 Å². The van der Waals surface area contributed by atoms with Gasteiger partial charge < -0.3 is 15.5 Å². The number of hydrogen-bond acceptors (Lipinski definition) is 4. The predicted octanol–water partition coefficient (Wildman–Crippen LogP) is 0.358. The van der Waals surface area contributed by atoms with Crippen molar-refractivity contribution in [3.63, 3.8) is 0 Å². The number of carbonyl (C=O) groups excluding carboxylic acids is 1. The molecule has 0 aromatic heterocycles. The maximum absolute atomic E-state index is 12.0. The fourth-order valence-electron chi connectivity index (χ4n) is 2.69. The van der Waals surface area contributed by atoms with Gasteiger partial charge in [-0.15, -0.1) is 0 Å². The Bertz CT molecular complexity index is 261. The quantitative estimate of drug-likeness (QED) is 0.596. The fourth-order valence-corrected chi connectivity index (χ4v) is 2.69. The van der Waals surface area contributed by atoms with Crippen LogP contribution in [0.4, 0.5) is 0 Å². The van der Waals surface area contributed by atoms with Crippen molar-refractivity contribution in [2.45, 2.75) is 45.1 Å². The molecule has 2 atom stereocenters. The molecule has 0 aromatic rings. The van der Waals surface area contributed by atoms with Crippen LogP contribution < -0.4 is 5.32 Å². The average Bonchev–Trinajstić information content (AvgIpc) is 2.39. The van der Waals surface area contributed by atoms with E-state index in [1.807, 2.05) is 4.90 Å². The standard InChI is InChI=1S/C14H28N2O3/c1-12-5-2-3-6-13(12)15-14(19)11-16(8-10-18)7-4-9-17/h12-13,17-18H,2-11H2,1H3,(H,15,19). The zero-order valence-electron chi connectivity index (χ0n) is 12.0. The highest BCUT2D eigenvalue weighted by molar-refractivity contribution is 5.78. The van der Waals surface area contributed by atoms with Gasteiger partial charge in [0.15, 0.2) is 0 Å². The van der Waals surface area contributed by atoms with Gasteiger partial charge in [-0.05, 0) is 25.2 Å². The van der Waals surface area contributed by atoms with Crippen molar-refractivity contribution in [3.8, 4) is 0 Å². The summed E-state index contributed by atoms with van der Waals surface area (Å²) in [5.41, 5.74) is 0. The van der Waals surface area contributed by atoms with Crippen LogP contribution in [0.15, 0.2) is 0 Å². The Hall–Kier alpha value is -0.650. The third-order valence-electron chi connectivity index (χ3n) is 3.87. The second-order valence-corrected chi connectivity index (χ2v) is 5.51. The Morgan fingerprint density at radius 2 is 1.95 bits per heavy atom. The Labute approximate surface area is 116 Å². The topological polar surface area (TPSA) is 72.8 Å². The number of aliphatic hydroxyl groups excluding tert-OH is 2. The van der Waals surface area contributed by atoms with Crippen LogP contribution in [0.5, 0.6) is 0 Å². The smallest absolute Gasteiger partial charge is 0.234 e. The molecule has 19 heavy (non-hydrogen) atoms. The highest BCUT2D eigenvalue weighted by atomic mass is 16.3. The minimum absolute atomic E-state index is 0.0325. The lowest BCUT2D eigenvalue weighted by molar-refractivity contribution is -0.123. The second kappa shape index (κ2) is 9.28. The Kier molecular flexibility index (Phi) is 8.02. The lowest BCUT2D eigenvalue weighted by Gasteiger charge is -2.30. The van der Waals surface area contributed by atoms with Gasteiger partial charge in [-0.3, -0.25) is 9.69 Å². The molecule has 2 unspecified atom stereocenters. The van der Waals surface area contributed by atoms with Crippen LogP contribution in [0, 0.1) is 5.92 Å². The maximum Gasteiger partial charge on any atom is 0.234 e. The molecule has 1 aliphatic rings. The van der Waals surface area contributed by atoms with Gasteiger partial charge >= 0.3 is 0 Å². The molecule has 3 N–H and O–H groups in total. The molecule has 0 radical (unpaired) electrons. The van der Waals surface area contributed by atoms with E-state index in [9.17, 15) is 4.79 Å². The van der Waals surface area contributed by atoms with Crippen LogP contribution in [0.2, 0.25) is 0 Å². The first kappa shape index (κ1) is 16.4. The van der Waals surface area contributed by atoms with Gasteiger partial charge in [-0.2, -0.15) is 0 Å². The molecule has 5 nitrogen and oxygen atoms in total.